The molecular weight excluding hydrogens is 238 g/mol. The Morgan fingerprint density at radius 2 is 1.75 bits per heavy atom. The van der Waals surface area contributed by atoms with Crippen LogP contribution in [0.4, 0.5) is 0 Å². The van der Waals surface area contributed by atoms with E-state index < -0.39 is 5.31 Å². The Labute approximate surface area is 127 Å². The van der Waals surface area contributed by atoms with Crippen LogP contribution in [0, 0.1) is 0 Å². The van der Waals surface area contributed by atoms with Gasteiger partial charge in [0, 0.05) is 0 Å². The van der Waals surface area contributed by atoms with Gasteiger partial charge < -0.3 is 0 Å². The Bertz CT molecular complexity index is 434. The van der Waals surface area contributed by atoms with Crippen LogP contribution in [0.3, 0.4) is 0 Å². The summed E-state index contributed by atoms with van der Waals surface area (Å²) in [7, 11) is 12.9. The van der Waals surface area contributed by atoms with Gasteiger partial charge in [-0.3, -0.25) is 0 Å². The van der Waals surface area contributed by atoms with E-state index in [1.807, 2.05) is 25.2 Å². The van der Waals surface area contributed by atoms with Crippen molar-refractivity contribution in [3.8, 4) is 0 Å². The van der Waals surface area contributed by atoms with Crippen molar-refractivity contribution >= 4 is 15.7 Å². The molecule has 0 spiro atoms. The lowest BCUT2D eigenvalue weighted by Gasteiger charge is -2.28. The molecule has 0 saturated heterocycles. The molecule has 0 aromatic rings. The Morgan fingerprint density at radius 3 is 2.35 bits per heavy atom. The van der Waals surface area contributed by atoms with Crippen molar-refractivity contribution in [3.63, 3.8) is 0 Å². The zero-order chi connectivity index (χ0) is 15.2. The van der Waals surface area contributed by atoms with Gasteiger partial charge in [-0.1, -0.05) is 74.0 Å². The van der Waals surface area contributed by atoms with E-state index in [0.29, 0.717) is 0 Å². The van der Waals surface area contributed by atoms with Crippen LogP contribution < -0.4 is 0 Å². The second-order valence-corrected chi connectivity index (χ2v) is 6.33. The topological polar surface area (TPSA) is 0 Å². The van der Waals surface area contributed by atoms with Crippen molar-refractivity contribution in [2.45, 2.75) is 64.0 Å². The molecule has 0 aliphatic heterocycles. The maximum Gasteiger partial charge on any atom is 0.0858 e. The quantitative estimate of drug-likeness (QED) is 0.480. The lowest BCUT2D eigenvalue weighted by Crippen LogP contribution is -2.11. The molecule has 0 bridgehead atoms. The van der Waals surface area contributed by atoms with Crippen LogP contribution >= 0.6 is 0 Å². The number of hydrogen-bond acceptors (Lipinski definition) is 0. The average Bonchev–Trinajstić information content (AvgIpc) is 2.50. The van der Waals surface area contributed by atoms with E-state index in [0.717, 1.165) is 25.7 Å². The molecule has 0 N–H and O–H groups in total. The molecule has 1 rings (SSSR count). The van der Waals surface area contributed by atoms with Crippen LogP contribution in [-0.4, -0.2) is 15.7 Å². The van der Waals surface area contributed by atoms with E-state index in [2.05, 4.69) is 39.0 Å². The zero-order valence-electron chi connectivity index (χ0n) is 13.4. The van der Waals surface area contributed by atoms with Gasteiger partial charge in [0.25, 0.3) is 0 Å². The van der Waals surface area contributed by atoms with Crippen LogP contribution in [0.15, 0.2) is 47.6 Å². The molecule has 2 heteroatoms. The highest BCUT2D eigenvalue weighted by molar-refractivity contribution is 6.19. The highest BCUT2D eigenvalue weighted by Gasteiger charge is 2.28. The molecule has 0 fully saturated rings. The van der Waals surface area contributed by atoms with Crippen LogP contribution in [0.25, 0.3) is 0 Å². The highest BCUT2D eigenvalue weighted by Crippen LogP contribution is 2.47. The fraction of sp³-hybridized carbons (Fsp3) is 0.556. The van der Waals surface area contributed by atoms with Gasteiger partial charge >= 0.3 is 0 Å². The average molecular weight is 264 g/mol. The van der Waals surface area contributed by atoms with Crippen LogP contribution in [-0.2, 0) is 0 Å². The molecule has 0 aromatic heterocycles. The smallest absolute Gasteiger partial charge is 0.0858 e. The summed E-state index contributed by atoms with van der Waals surface area (Å²) in [6, 6.07) is 0. The summed E-state index contributed by atoms with van der Waals surface area (Å²) in [5.74, 6) is 0. The summed E-state index contributed by atoms with van der Waals surface area (Å²) in [5.41, 5.74) is 2.68. The van der Waals surface area contributed by atoms with Gasteiger partial charge in [0.2, 0.25) is 0 Å². The van der Waals surface area contributed by atoms with Crippen molar-refractivity contribution < 1.29 is 0 Å². The third-order valence-corrected chi connectivity index (χ3v) is 4.06. The summed E-state index contributed by atoms with van der Waals surface area (Å²) in [6.45, 7) is 8.30. The summed E-state index contributed by atoms with van der Waals surface area (Å²) in [6.07, 6.45) is 16.4. The molecule has 20 heavy (non-hydrogen) atoms. The van der Waals surface area contributed by atoms with Crippen molar-refractivity contribution in [2.24, 2.45) is 0 Å². The summed E-state index contributed by atoms with van der Waals surface area (Å²) in [5, 5.41) is -0.494. The molecule has 0 heterocycles. The Balaban J connectivity index is 3.12. The van der Waals surface area contributed by atoms with Crippen LogP contribution in [0.2, 0.25) is 10.6 Å². The molecule has 4 radical (unpaired) electrons. The molecule has 2 unspecified atom stereocenters. The normalized spacial score (nSPS) is 28.4. The largest absolute Gasteiger partial charge is 0.0877 e. The summed E-state index contributed by atoms with van der Waals surface area (Å²) >= 11 is 0. The molecular formula is C18H26B2. The predicted molar refractivity (Wildman–Crippen MR) is 92.5 cm³/mol. The van der Waals surface area contributed by atoms with Gasteiger partial charge in [0.1, 0.15) is 0 Å². The molecule has 1 aliphatic carbocycles. The third-order valence-electron chi connectivity index (χ3n) is 4.06. The molecule has 2 atom stereocenters. The maximum atomic E-state index is 6.56. The number of allylic oxidation sites excluding steroid dienone is 8. The Morgan fingerprint density at radius 1 is 1.10 bits per heavy atom. The molecule has 0 saturated carbocycles. The molecule has 0 aromatic carbocycles. The van der Waals surface area contributed by atoms with Crippen LogP contribution in [0.5, 0.6) is 0 Å². The van der Waals surface area contributed by atoms with E-state index in [9.17, 15) is 0 Å². The molecule has 104 valence electrons. The highest BCUT2D eigenvalue weighted by atomic mass is 14.3. The first-order chi connectivity index (χ1) is 9.32. The van der Waals surface area contributed by atoms with E-state index in [1.165, 1.54) is 11.1 Å². The lowest BCUT2D eigenvalue weighted by molar-refractivity contribution is 0.530. The molecule has 1 aliphatic rings. The summed E-state index contributed by atoms with van der Waals surface area (Å²) < 4.78 is 0. The standard InChI is InChI=1S/C18H26B2/c1-5-7-8-12-18(4,20)16-11-14-17(3,19)13-10-15(16)9-6-2/h5-9,12H,10-11,13-14H2,1-4H3/b7-5+,9-6-,12-8-. The number of hydrogen-bond donors (Lipinski definition) is 0. The minimum absolute atomic E-state index is 0.0856. The van der Waals surface area contributed by atoms with E-state index in [4.69, 9.17) is 15.7 Å². The lowest BCUT2D eigenvalue weighted by atomic mass is 9.61. The van der Waals surface area contributed by atoms with Gasteiger partial charge in [-0.05, 0) is 37.6 Å². The summed E-state index contributed by atoms with van der Waals surface area (Å²) in [4.78, 5) is 0. The van der Waals surface area contributed by atoms with Crippen molar-refractivity contribution in [1.82, 2.24) is 0 Å². The van der Waals surface area contributed by atoms with Gasteiger partial charge in [0.05, 0.1) is 15.7 Å². The first-order valence-corrected chi connectivity index (χ1v) is 7.56. The van der Waals surface area contributed by atoms with Gasteiger partial charge in [-0.15, -0.1) is 0 Å². The second kappa shape index (κ2) is 7.20. The zero-order valence-corrected chi connectivity index (χ0v) is 13.4. The van der Waals surface area contributed by atoms with E-state index in [-0.39, 0.29) is 5.31 Å². The Hall–Kier alpha value is -0.910. The predicted octanol–water partition coefficient (Wildman–Crippen LogP) is 5.26. The molecule has 0 amide bonds. The third kappa shape index (κ3) is 4.89. The first kappa shape index (κ1) is 17.1. The second-order valence-electron chi connectivity index (χ2n) is 6.33. The fourth-order valence-electron chi connectivity index (χ4n) is 2.73. The van der Waals surface area contributed by atoms with Gasteiger partial charge in [-0.2, -0.15) is 0 Å². The van der Waals surface area contributed by atoms with Crippen LogP contribution in [0.1, 0.15) is 53.4 Å². The first-order valence-electron chi connectivity index (χ1n) is 7.56. The van der Waals surface area contributed by atoms with E-state index >= 15 is 0 Å². The minimum atomic E-state index is -0.408. The van der Waals surface area contributed by atoms with Crippen molar-refractivity contribution in [1.29, 1.82) is 0 Å². The number of rotatable bonds is 4. The van der Waals surface area contributed by atoms with E-state index in [1.54, 1.807) is 0 Å². The van der Waals surface area contributed by atoms with Crippen molar-refractivity contribution in [2.75, 3.05) is 0 Å². The Kier molecular flexibility index (Phi) is 6.17. The van der Waals surface area contributed by atoms with Crippen molar-refractivity contribution in [3.05, 3.63) is 47.6 Å². The maximum absolute atomic E-state index is 6.56. The van der Waals surface area contributed by atoms with Gasteiger partial charge in [-0.25, -0.2) is 0 Å². The minimum Gasteiger partial charge on any atom is -0.0877 e. The fourth-order valence-corrected chi connectivity index (χ4v) is 2.73. The van der Waals surface area contributed by atoms with Gasteiger partial charge in [0.15, 0.2) is 0 Å². The monoisotopic (exact) mass is 264 g/mol. The molecule has 0 nitrogen and oxygen atoms in total. The SMILES string of the molecule is [B]C1(C)CCC(/C=C\C)=C(C([B])(C)/C=C\C=C\C)CC1.